The molecule has 1 unspecified atom stereocenters. The van der Waals surface area contributed by atoms with Gasteiger partial charge in [-0.3, -0.25) is 14.7 Å². The van der Waals surface area contributed by atoms with Gasteiger partial charge in [0.2, 0.25) is 5.91 Å². The van der Waals surface area contributed by atoms with Crippen molar-refractivity contribution in [3.63, 3.8) is 0 Å². The maximum Gasteiger partial charge on any atom is 0.415 e. The van der Waals surface area contributed by atoms with Gasteiger partial charge in [0.1, 0.15) is 6.61 Å². The van der Waals surface area contributed by atoms with E-state index >= 15 is 0 Å². The molecule has 3 heterocycles. The van der Waals surface area contributed by atoms with Crippen LogP contribution in [0.25, 0.3) is 0 Å². The van der Waals surface area contributed by atoms with Crippen molar-refractivity contribution in [3.8, 4) is 0 Å². The van der Waals surface area contributed by atoms with Crippen molar-refractivity contribution in [2.45, 2.75) is 59.9 Å². The summed E-state index contributed by atoms with van der Waals surface area (Å²) in [6.45, 7) is 12.0. The molecule has 2 aliphatic heterocycles. The molecular weight excluding hydrogens is 356 g/mol. The normalized spacial score (nSPS) is 21.4. The second kappa shape index (κ2) is 8.05. The topological polar surface area (TPSA) is 75.6 Å². The number of cyclic esters (lactones) is 1. The van der Waals surface area contributed by atoms with E-state index in [0.29, 0.717) is 18.3 Å². The molecule has 0 bridgehead atoms. The molecule has 1 aromatic heterocycles. The molecule has 2 fully saturated rings. The number of nitrogens with zero attached hydrogens (tertiary/aromatic N) is 4. The number of hydrogen-bond donors (Lipinski definition) is 0. The van der Waals surface area contributed by atoms with Gasteiger partial charge in [-0.15, -0.1) is 0 Å². The number of piperidine rings is 1. The molecule has 0 N–H and O–H groups in total. The summed E-state index contributed by atoms with van der Waals surface area (Å²) in [6.07, 6.45) is 5.81. The van der Waals surface area contributed by atoms with Crippen LogP contribution in [0.2, 0.25) is 0 Å². The molecule has 28 heavy (non-hydrogen) atoms. The minimum atomic E-state index is -0.348. The molecule has 1 aromatic rings. The summed E-state index contributed by atoms with van der Waals surface area (Å²) in [5, 5.41) is 0. The van der Waals surface area contributed by atoms with Crippen LogP contribution in [-0.4, -0.2) is 52.6 Å². The number of rotatable bonds is 4. The number of ether oxygens (including phenoxy) is 1. The summed E-state index contributed by atoms with van der Waals surface area (Å²) in [5.74, 6) is 1.54. The van der Waals surface area contributed by atoms with Gasteiger partial charge < -0.3 is 9.64 Å². The van der Waals surface area contributed by atoms with Crippen molar-refractivity contribution in [3.05, 3.63) is 18.1 Å². The van der Waals surface area contributed by atoms with Gasteiger partial charge in [-0.1, -0.05) is 34.6 Å². The van der Waals surface area contributed by atoms with Crippen LogP contribution in [0.5, 0.6) is 0 Å². The molecule has 2 aliphatic rings. The zero-order chi connectivity index (χ0) is 20.5. The minimum Gasteiger partial charge on any atom is -0.447 e. The van der Waals surface area contributed by atoms with E-state index in [1.807, 2.05) is 25.7 Å². The summed E-state index contributed by atoms with van der Waals surface area (Å²) in [5.41, 5.74) is 0.560. The van der Waals surface area contributed by atoms with E-state index in [9.17, 15) is 9.59 Å². The third-order valence-electron chi connectivity index (χ3n) is 5.64. The number of anilines is 1. The fraction of sp³-hybridized carbons (Fsp3) is 0.714. The van der Waals surface area contributed by atoms with Crippen molar-refractivity contribution in [2.24, 2.45) is 17.3 Å². The molecule has 0 aliphatic carbocycles. The second-order valence-corrected chi connectivity index (χ2v) is 9.32. The smallest absolute Gasteiger partial charge is 0.415 e. The van der Waals surface area contributed by atoms with Crippen LogP contribution in [0.4, 0.5) is 10.6 Å². The highest BCUT2D eigenvalue weighted by molar-refractivity contribution is 5.89. The Morgan fingerprint density at radius 1 is 1.25 bits per heavy atom. The summed E-state index contributed by atoms with van der Waals surface area (Å²) < 4.78 is 5.23. The van der Waals surface area contributed by atoms with E-state index in [0.717, 1.165) is 38.0 Å². The maximum atomic E-state index is 12.4. The van der Waals surface area contributed by atoms with E-state index < -0.39 is 0 Å². The highest BCUT2D eigenvalue weighted by atomic mass is 16.6. The third-order valence-corrected chi connectivity index (χ3v) is 5.64. The maximum absolute atomic E-state index is 12.4. The van der Waals surface area contributed by atoms with Gasteiger partial charge >= 0.3 is 6.09 Å². The molecule has 0 spiro atoms. The van der Waals surface area contributed by atoms with E-state index in [1.165, 1.54) is 0 Å². The summed E-state index contributed by atoms with van der Waals surface area (Å²) in [6, 6.07) is -0.0105. The van der Waals surface area contributed by atoms with Crippen LogP contribution in [0.3, 0.4) is 0 Å². The molecule has 0 saturated carbocycles. The molecule has 1 atom stereocenters. The Morgan fingerprint density at radius 3 is 2.54 bits per heavy atom. The lowest BCUT2D eigenvalue weighted by molar-refractivity contribution is -0.140. The van der Waals surface area contributed by atoms with Crippen molar-refractivity contribution < 1.29 is 14.3 Å². The van der Waals surface area contributed by atoms with Gasteiger partial charge in [0.15, 0.2) is 5.82 Å². The summed E-state index contributed by atoms with van der Waals surface area (Å²) in [7, 11) is 0. The molecule has 2 saturated heterocycles. The van der Waals surface area contributed by atoms with Crippen molar-refractivity contribution in [1.29, 1.82) is 0 Å². The Kier molecular flexibility index (Phi) is 5.91. The van der Waals surface area contributed by atoms with Crippen molar-refractivity contribution >= 4 is 17.8 Å². The molecule has 0 radical (unpaired) electrons. The first-order valence-electron chi connectivity index (χ1n) is 10.2. The van der Waals surface area contributed by atoms with Gasteiger partial charge in [-0.05, 0) is 31.1 Å². The molecule has 7 nitrogen and oxygen atoms in total. The quantitative estimate of drug-likeness (QED) is 0.791. The molecule has 2 amide bonds. The predicted molar refractivity (Wildman–Crippen MR) is 107 cm³/mol. The van der Waals surface area contributed by atoms with Gasteiger partial charge in [-0.2, -0.15) is 0 Å². The molecule has 0 aromatic carbocycles. The van der Waals surface area contributed by atoms with Crippen LogP contribution in [0.1, 0.15) is 53.2 Å². The van der Waals surface area contributed by atoms with Gasteiger partial charge in [-0.25, -0.2) is 9.78 Å². The Hall–Kier alpha value is -2.18. The number of aromatic nitrogens is 2. The number of carbonyl (C=O) groups is 2. The van der Waals surface area contributed by atoms with Crippen LogP contribution in [0, 0.1) is 17.3 Å². The minimum absolute atomic E-state index is 0.0105. The Bertz CT molecular complexity index is 721. The van der Waals surface area contributed by atoms with Crippen molar-refractivity contribution in [1.82, 2.24) is 14.9 Å². The average molecular weight is 389 g/mol. The zero-order valence-electron chi connectivity index (χ0n) is 17.6. The predicted octanol–water partition coefficient (Wildman–Crippen LogP) is 3.29. The monoisotopic (exact) mass is 388 g/mol. The molecule has 7 heteroatoms. The van der Waals surface area contributed by atoms with Crippen LogP contribution < -0.4 is 4.90 Å². The lowest BCUT2D eigenvalue weighted by atomic mass is 9.89. The molecule has 3 rings (SSSR count). The zero-order valence-corrected chi connectivity index (χ0v) is 17.6. The van der Waals surface area contributed by atoms with Gasteiger partial charge in [0.25, 0.3) is 0 Å². The fourth-order valence-electron chi connectivity index (χ4n) is 3.91. The summed E-state index contributed by atoms with van der Waals surface area (Å²) in [4.78, 5) is 37.3. The largest absolute Gasteiger partial charge is 0.447 e. The Labute approximate surface area is 167 Å². The van der Waals surface area contributed by atoms with E-state index in [4.69, 9.17) is 9.72 Å². The Balaban J connectivity index is 1.63. The van der Waals surface area contributed by atoms with Crippen LogP contribution in [-0.2, 0) is 16.0 Å². The van der Waals surface area contributed by atoms with Gasteiger partial charge in [0, 0.05) is 24.7 Å². The van der Waals surface area contributed by atoms with Gasteiger partial charge in [0.05, 0.1) is 17.9 Å². The first kappa shape index (κ1) is 20.6. The number of amides is 2. The Morgan fingerprint density at radius 2 is 1.93 bits per heavy atom. The lowest BCUT2D eigenvalue weighted by Gasteiger charge is -2.35. The number of likely N-dealkylation sites (tertiary alicyclic amines) is 1. The van der Waals surface area contributed by atoms with Crippen LogP contribution >= 0.6 is 0 Å². The number of carbonyl (C=O) groups excluding carboxylic acids is 2. The average Bonchev–Trinajstić information content (AvgIpc) is 3.03. The fourth-order valence-corrected chi connectivity index (χ4v) is 3.91. The SMILES string of the molecule is CC(C)C1COC(=O)N1c1cncc(CC2CCN(C(=O)C(C)(C)C)CC2)n1. The second-order valence-electron chi connectivity index (χ2n) is 9.32. The third kappa shape index (κ3) is 4.45. The molecule has 154 valence electrons. The first-order valence-corrected chi connectivity index (χ1v) is 10.2. The van der Waals surface area contributed by atoms with E-state index in [2.05, 4.69) is 18.8 Å². The lowest BCUT2D eigenvalue weighted by Crippen LogP contribution is -2.44. The highest BCUT2D eigenvalue weighted by Crippen LogP contribution is 2.28. The standard InChI is InChI=1S/C21H32N4O3/c1-14(2)17-13-28-20(27)25(17)18-12-22-11-16(23-18)10-15-6-8-24(9-7-15)19(26)21(3,4)5/h11-12,14-15,17H,6-10,13H2,1-5H3. The van der Waals surface area contributed by atoms with Crippen LogP contribution in [0.15, 0.2) is 12.4 Å². The van der Waals surface area contributed by atoms with E-state index in [1.54, 1.807) is 17.3 Å². The molecular formula is C21H32N4O3. The first-order chi connectivity index (χ1) is 13.2. The highest BCUT2D eigenvalue weighted by Gasteiger charge is 2.37. The summed E-state index contributed by atoms with van der Waals surface area (Å²) >= 11 is 0. The number of hydrogen-bond acceptors (Lipinski definition) is 5. The van der Waals surface area contributed by atoms with Crippen molar-refractivity contribution in [2.75, 3.05) is 24.6 Å². The van der Waals surface area contributed by atoms with E-state index in [-0.39, 0.29) is 29.4 Å².